The summed E-state index contributed by atoms with van der Waals surface area (Å²) in [6, 6.07) is 9.21. The van der Waals surface area contributed by atoms with Crippen molar-refractivity contribution in [1.82, 2.24) is 15.5 Å². The third-order valence-electron chi connectivity index (χ3n) is 6.08. The topological polar surface area (TPSA) is 36.5 Å². The standard InChI is InChI=1S/C23H37N3OS/c1-22(2)14-18(15-23(3,4)25-22)24-21(28)26(19-11-7-8-12-19)16-17-10-6-9-13-20(17)27-5/h6,9-10,13,18-19,25H,7-8,11-12,14-16H2,1-5H3,(H,24,28). The van der Waals surface area contributed by atoms with Crippen LogP contribution in [0.3, 0.4) is 0 Å². The van der Waals surface area contributed by atoms with Gasteiger partial charge in [0.15, 0.2) is 5.11 Å². The molecule has 28 heavy (non-hydrogen) atoms. The van der Waals surface area contributed by atoms with Gasteiger partial charge in [-0.15, -0.1) is 0 Å². The monoisotopic (exact) mass is 403 g/mol. The van der Waals surface area contributed by atoms with Crippen molar-refractivity contribution in [3.8, 4) is 5.75 Å². The Morgan fingerprint density at radius 1 is 1.14 bits per heavy atom. The zero-order valence-corrected chi connectivity index (χ0v) is 19.0. The molecule has 0 bridgehead atoms. The van der Waals surface area contributed by atoms with Gasteiger partial charge in [-0.05, 0) is 71.7 Å². The van der Waals surface area contributed by atoms with E-state index in [1.54, 1.807) is 7.11 Å². The van der Waals surface area contributed by atoms with Crippen LogP contribution in [0.25, 0.3) is 0 Å². The van der Waals surface area contributed by atoms with Crippen LogP contribution in [0.5, 0.6) is 5.75 Å². The molecule has 0 spiro atoms. The van der Waals surface area contributed by atoms with Crippen LogP contribution in [0.1, 0.15) is 71.8 Å². The van der Waals surface area contributed by atoms with Crippen molar-refractivity contribution in [2.45, 2.75) is 95.9 Å². The molecule has 2 N–H and O–H groups in total. The van der Waals surface area contributed by atoms with Crippen LogP contribution in [0, 0.1) is 0 Å². The van der Waals surface area contributed by atoms with Crippen LogP contribution >= 0.6 is 12.2 Å². The second-order valence-corrected chi connectivity index (χ2v) is 10.2. The third kappa shape index (κ3) is 5.38. The minimum absolute atomic E-state index is 0.107. The average Bonchev–Trinajstić information content (AvgIpc) is 3.11. The number of piperidine rings is 1. The lowest BCUT2D eigenvalue weighted by Gasteiger charge is -2.47. The maximum atomic E-state index is 5.98. The normalized spacial score (nSPS) is 22.0. The van der Waals surface area contributed by atoms with E-state index in [4.69, 9.17) is 17.0 Å². The number of benzene rings is 1. The Labute approximate surface area is 176 Å². The lowest BCUT2D eigenvalue weighted by Crippen LogP contribution is -2.63. The number of para-hydroxylation sites is 1. The fraction of sp³-hybridized carbons (Fsp3) is 0.696. The highest BCUT2D eigenvalue weighted by atomic mass is 32.1. The van der Waals surface area contributed by atoms with Crippen molar-refractivity contribution in [2.75, 3.05) is 7.11 Å². The van der Waals surface area contributed by atoms with Gasteiger partial charge < -0.3 is 20.3 Å². The fourth-order valence-corrected chi connectivity index (χ4v) is 5.66. The summed E-state index contributed by atoms with van der Waals surface area (Å²) in [7, 11) is 1.74. The van der Waals surface area contributed by atoms with Crippen LogP contribution in [0.2, 0.25) is 0 Å². The highest BCUT2D eigenvalue weighted by Crippen LogP contribution is 2.31. The largest absolute Gasteiger partial charge is 0.496 e. The maximum absolute atomic E-state index is 5.98. The van der Waals surface area contributed by atoms with Crippen LogP contribution in [0.4, 0.5) is 0 Å². The van der Waals surface area contributed by atoms with Crippen molar-refractivity contribution in [3.63, 3.8) is 0 Å². The van der Waals surface area contributed by atoms with E-state index in [9.17, 15) is 0 Å². The van der Waals surface area contributed by atoms with E-state index < -0.39 is 0 Å². The first-order chi connectivity index (χ1) is 13.2. The summed E-state index contributed by atoms with van der Waals surface area (Å²) in [6.07, 6.45) is 7.18. The van der Waals surface area contributed by atoms with Crippen molar-refractivity contribution in [1.29, 1.82) is 0 Å². The van der Waals surface area contributed by atoms with Gasteiger partial charge in [0.05, 0.1) is 7.11 Å². The summed E-state index contributed by atoms with van der Waals surface area (Å²) >= 11 is 5.98. The Bertz CT molecular complexity index is 666. The highest BCUT2D eigenvalue weighted by molar-refractivity contribution is 7.80. The molecule has 1 aliphatic carbocycles. The lowest BCUT2D eigenvalue weighted by atomic mass is 9.80. The summed E-state index contributed by atoms with van der Waals surface area (Å²) in [5.41, 5.74) is 1.41. The number of methoxy groups -OCH3 is 1. The SMILES string of the molecule is COc1ccccc1CN(C(=S)NC1CC(C)(C)NC(C)(C)C1)C1CCCC1. The molecule has 5 heteroatoms. The number of nitrogens with one attached hydrogen (secondary N) is 2. The number of rotatable bonds is 5. The van der Waals surface area contributed by atoms with Gasteiger partial charge in [0, 0.05) is 35.3 Å². The van der Waals surface area contributed by atoms with Gasteiger partial charge in [0.2, 0.25) is 0 Å². The summed E-state index contributed by atoms with van der Waals surface area (Å²) in [6.45, 7) is 9.95. The summed E-state index contributed by atoms with van der Waals surface area (Å²) in [5, 5.41) is 8.40. The minimum Gasteiger partial charge on any atom is -0.496 e. The second kappa shape index (κ2) is 8.58. The molecule has 3 rings (SSSR count). The molecule has 4 nitrogen and oxygen atoms in total. The molecule has 0 aromatic heterocycles. The summed E-state index contributed by atoms with van der Waals surface area (Å²) in [5.74, 6) is 0.942. The van der Waals surface area contributed by atoms with E-state index >= 15 is 0 Å². The molecule has 0 amide bonds. The Balaban J connectivity index is 1.75. The van der Waals surface area contributed by atoms with E-state index in [0.29, 0.717) is 12.1 Å². The highest BCUT2D eigenvalue weighted by Gasteiger charge is 2.38. The molecule has 0 radical (unpaired) electrons. The first-order valence-electron chi connectivity index (χ1n) is 10.7. The van der Waals surface area contributed by atoms with Crippen molar-refractivity contribution in [3.05, 3.63) is 29.8 Å². The van der Waals surface area contributed by atoms with Gasteiger partial charge >= 0.3 is 0 Å². The Morgan fingerprint density at radius 3 is 2.36 bits per heavy atom. The number of ether oxygens (including phenoxy) is 1. The molecule has 0 atom stereocenters. The van der Waals surface area contributed by atoms with E-state index in [2.05, 4.69) is 55.4 Å². The Morgan fingerprint density at radius 2 is 1.75 bits per heavy atom. The molecular weight excluding hydrogens is 366 g/mol. The smallest absolute Gasteiger partial charge is 0.169 e. The van der Waals surface area contributed by atoms with Crippen LogP contribution < -0.4 is 15.4 Å². The second-order valence-electron chi connectivity index (χ2n) is 9.83. The molecule has 1 saturated carbocycles. The molecule has 1 saturated heterocycles. The van der Waals surface area contributed by atoms with Crippen LogP contribution in [-0.4, -0.2) is 40.3 Å². The molecule has 1 aromatic carbocycles. The number of nitrogens with zero attached hydrogens (tertiary/aromatic N) is 1. The van der Waals surface area contributed by atoms with Gasteiger partial charge in [-0.2, -0.15) is 0 Å². The fourth-order valence-electron chi connectivity index (χ4n) is 5.28. The molecule has 2 aliphatic rings. The van der Waals surface area contributed by atoms with E-state index in [1.807, 2.05) is 12.1 Å². The first kappa shape index (κ1) is 21.4. The van der Waals surface area contributed by atoms with Crippen molar-refractivity contribution in [2.24, 2.45) is 0 Å². The average molecular weight is 404 g/mol. The van der Waals surface area contributed by atoms with E-state index in [0.717, 1.165) is 30.2 Å². The Hall–Kier alpha value is -1.33. The number of hydrogen-bond acceptors (Lipinski definition) is 3. The zero-order valence-electron chi connectivity index (χ0n) is 18.2. The van der Waals surface area contributed by atoms with Crippen molar-refractivity contribution >= 4 is 17.3 Å². The van der Waals surface area contributed by atoms with E-state index in [1.165, 1.54) is 31.2 Å². The molecule has 2 fully saturated rings. The zero-order chi connectivity index (χ0) is 20.4. The summed E-state index contributed by atoms with van der Waals surface area (Å²) in [4.78, 5) is 2.42. The predicted octanol–water partition coefficient (Wildman–Crippen LogP) is 4.62. The minimum atomic E-state index is 0.107. The molecule has 1 aliphatic heterocycles. The van der Waals surface area contributed by atoms with Gasteiger partial charge in [-0.25, -0.2) is 0 Å². The first-order valence-corrected chi connectivity index (χ1v) is 11.1. The molecule has 156 valence electrons. The molecular formula is C23H37N3OS. The van der Waals surface area contributed by atoms with Crippen molar-refractivity contribution < 1.29 is 4.74 Å². The quantitative estimate of drug-likeness (QED) is 0.702. The molecule has 1 aromatic rings. The third-order valence-corrected chi connectivity index (χ3v) is 6.43. The predicted molar refractivity (Wildman–Crippen MR) is 121 cm³/mol. The van der Waals surface area contributed by atoms with Gasteiger partial charge in [0.1, 0.15) is 5.75 Å². The maximum Gasteiger partial charge on any atom is 0.169 e. The summed E-state index contributed by atoms with van der Waals surface area (Å²) < 4.78 is 5.59. The van der Waals surface area contributed by atoms with E-state index in [-0.39, 0.29) is 11.1 Å². The van der Waals surface area contributed by atoms with Crippen LogP contribution in [-0.2, 0) is 6.54 Å². The molecule has 0 unspecified atom stereocenters. The molecule has 1 heterocycles. The Kier molecular flexibility index (Phi) is 6.55. The number of hydrogen-bond donors (Lipinski definition) is 2. The van der Waals surface area contributed by atoms with Gasteiger partial charge in [0.25, 0.3) is 0 Å². The van der Waals surface area contributed by atoms with Gasteiger partial charge in [-0.3, -0.25) is 0 Å². The van der Waals surface area contributed by atoms with Crippen LogP contribution in [0.15, 0.2) is 24.3 Å². The lowest BCUT2D eigenvalue weighted by molar-refractivity contribution is 0.152. The van der Waals surface area contributed by atoms with Gasteiger partial charge in [-0.1, -0.05) is 31.0 Å². The number of thiocarbonyl (C=S) groups is 1.